The van der Waals surface area contributed by atoms with Gasteiger partial charge in [0.15, 0.2) is 0 Å². The van der Waals surface area contributed by atoms with Gasteiger partial charge >= 0.3 is 0 Å². The van der Waals surface area contributed by atoms with Crippen LogP contribution in [0.15, 0.2) is 66.7 Å². The number of benzene rings is 3. The Bertz CT molecular complexity index is 903. The Balaban J connectivity index is 2.00. The normalized spacial score (nSPS) is 14.0. The van der Waals surface area contributed by atoms with Crippen molar-refractivity contribution in [1.29, 1.82) is 0 Å². The molecule has 0 unspecified atom stereocenters. The number of phenolic OH excluding ortho intramolecular Hbond substituents is 1. The van der Waals surface area contributed by atoms with Crippen molar-refractivity contribution in [2.24, 2.45) is 0 Å². The van der Waals surface area contributed by atoms with Crippen molar-refractivity contribution < 1.29 is 5.11 Å². The fraction of sp³-hybridized carbons (Fsp3) is 0.0476. The van der Waals surface area contributed by atoms with Gasteiger partial charge in [0.1, 0.15) is 5.75 Å². The molecule has 0 aromatic heterocycles. The van der Waals surface area contributed by atoms with E-state index in [0.717, 1.165) is 5.56 Å². The highest BCUT2D eigenvalue weighted by atomic mass is 16.3. The monoisotopic (exact) mass is 284 g/mol. The first-order valence-corrected chi connectivity index (χ1v) is 7.44. The molecular weight excluding hydrogens is 268 g/mol. The van der Waals surface area contributed by atoms with Crippen LogP contribution in [0.5, 0.6) is 5.75 Å². The van der Waals surface area contributed by atoms with Crippen molar-refractivity contribution in [2.45, 2.75) is 6.92 Å². The van der Waals surface area contributed by atoms with Crippen LogP contribution in [-0.4, -0.2) is 5.11 Å². The van der Waals surface area contributed by atoms with Crippen molar-refractivity contribution >= 4 is 11.6 Å². The van der Waals surface area contributed by atoms with Gasteiger partial charge in [-0.3, -0.25) is 0 Å². The van der Waals surface area contributed by atoms with Gasteiger partial charge in [-0.1, -0.05) is 66.2 Å². The van der Waals surface area contributed by atoms with Gasteiger partial charge < -0.3 is 5.11 Å². The molecule has 0 heterocycles. The molecule has 1 heteroatoms. The van der Waals surface area contributed by atoms with Gasteiger partial charge in [0.05, 0.1) is 0 Å². The van der Waals surface area contributed by atoms with E-state index < -0.39 is 0 Å². The number of rotatable bonds is 1. The lowest BCUT2D eigenvalue weighted by atomic mass is 9.99. The van der Waals surface area contributed by atoms with Gasteiger partial charge in [-0.15, -0.1) is 0 Å². The smallest absolute Gasteiger partial charge is 0.122 e. The molecule has 0 fully saturated rings. The Morgan fingerprint density at radius 2 is 1.41 bits per heavy atom. The van der Waals surface area contributed by atoms with Gasteiger partial charge in [0.2, 0.25) is 0 Å². The minimum Gasteiger partial charge on any atom is -0.507 e. The van der Waals surface area contributed by atoms with Crippen molar-refractivity contribution in [2.75, 3.05) is 0 Å². The predicted molar refractivity (Wildman–Crippen MR) is 91.7 cm³/mol. The summed E-state index contributed by atoms with van der Waals surface area (Å²) in [6.45, 7) is 2.11. The number of hydrogen-bond acceptors (Lipinski definition) is 1. The van der Waals surface area contributed by atoms with Crippen LogP contribution in [0.25, 0.3) is 22.8 Å². The lowest BCUT2D eigenvalue weighted by molar-refractivity contribution is 0.474. The van der Waals surface area contributed by atoms with Crippen LogP contribution < -0.4 is 0 Å². The van der Waals surface area contributed by atoms with Crippen molar-refractivity contribution in [1.82, 2.24) is 0 Å². The molecule has 1 aliphatic carbocycles. The van der Waals surface area contributed by atoms with Crippen molar-refractivity contribution in [3.05, 3.63) is 89.0 Å². The van der Waals surface area contributed by atoms with E-state index >= 15 is 0 Å². The Morgan fingerprint density at radius 3 is 2.23 bits per heavy atom. The van der Waals surface area contributed by atoms with Gasteiger partial charge in [0, 0.05) is 5.56 Å². The highest BCUT2D eigenvalue weighted by Crippen LogP contribution is 2.45. The second-order valence-electron chi connectivity index (χ2n) is 5.71. The van der Waals surface area contributed by atoms with E-state index in [1.165, 1.54) is 33.4 Å². The zero-order chi connectivity index (χ0) is 15.1. The van der Waals surface area contributed by atoms with Crippen LogP contribution in [0.3, 0.4) is 0 Å². The minimum atomic E-state index is 0.314. The maximum Gasteiger partial charge on any atom is 0.122 e. The summed E-state index contributed by atoms with van der Waals surface area (Å²) in [5.41, 5.74) is 8.27. The maximum atomic E-state index is 10.1. The molecule has 22 heavy (non-hydrogen) atoms. The Hall–Kier alpha value is -2.80. The molecule has 0 aliphatic heterocycles. The molecule has 0 atom stereocenters. The summed E-state index contributed by atoms with van der Waals surface area (Å²) in [6.07, 6.45) is 2.08. The standard InChI is InChI=1S/C21H16O/c1-14-10-11-18-16-7-3-4-8-17(16)20(19(18)12-14)13-15-6-2-5-9-21(15)22/h2-13,22H,1H3. The average Bonchev–Trinajstić information content (AvgIpc) is 2.83. The summed E-state index contributed by atoms with van der Waals surface area (Å²) in [5.74, 6) is 0.314. The molecule has 0 saturated heterocycles. The summed E-state index contributed by atoms with van der Waals surface area (Å²) in [7, 11) is 0. The quantitative estimate of drug-likeness (QED) is 0.505. The molecule has 1 nitrogen and oxygen atoms in total. The van der Waals surface area contributed by atoms with Crippen LogP contribution in [0.2, 0.25) is 0 Å². The Morgan fingerprint density at radius 1 is 0.727 bits per heavy atom. The number of aryl methyl sites for hydroxylation is 1. The minimum absolute atomic E-state index is 0.314. The highest BCUT2D eigenvalue weighted by Gasteiger charge is 2.23. The average molecular weight is 284 g/mol. The van der Waals surface area contributed by atoms with E-state index in [1.807, 2.05) is 18.2 Å². The lowest BCUT2D eigenvalue weighted by Crippen LogP contribution is -1.84. The molecule has 1 aliphatic rings. The van der Waals surface area contributed by atoms with Crippen LogP contribution in [0.1, 0.15) is 22.3 Å². The van der Waals surface area contributed by atoms with E-state index in [4.69, 9.17) is 0 Å². The number of aromatic hydroxyl groups is 1. The summed E-state index contributed by atoms with van der Waals surface area (Å²) in [6, 6.07) is 22.5. The first-order chi connectivity index (χ1) is 10.7. The largest absolute Gasteiger partial charge is 0.507 e. The molecule has 0 radical (unpaired) electrons. The van der Waals surface area contributed by atoms with Crippen LogP contribution in [0, 0.1) is 6.92 Å². The second kappa shape index (κ2) is 4.88. The molecule has 0 spiro atoms. The predicted octanol–water partition coefficient (Wildman–Crippen LogP) is 5.27. The molecule has 1 N–H and O–H groups in total. The zero-order valence-corrected chi connectivity index (χ0v) is 12.4. The van der Waals surface area contributed by atoms with Gasteiger partial charge in [0.25, 0.3) is 0 Å². The summed E-state index contributed by atoms with van der Waals surface area (Å²) < 4.78 is 0. The van der Waals surface area contributed by atoms with E-state index in [1.54, 1.807) is 6.07 Å². The summed E-state index contributed by atoms with van der Waals surface area (Å²) in [5, 5.41) is 10.1. The molecule has 0 saturated carbocycles. The molecule has 0 amide bonds. The maximum absolute atomic E-state index is 10.1. The molecule has 3 aromatic carbocycles. The molecule has 3 aromatic rings. The van der Waals surface area contributed by atoms with Crippen LogP contribution in [0.4, 0.5) is 0 Å². The number of phenols is 1. The highest BCUT2D eigenvalue weighted by molar-refractivity contribution is 6.06. The SMILES string of the molecule is Cc1ccc2c(c1)C(=Cc1ccccc1O)c1ccccc1-2. The molecule has 4 rings (SSSR count). The molecular formula is C21H16O. The third-order valence-corrected chi connectivity index (χ3v) is 4.21. The summed E-state index contributed by atoms with van der Waals surface area (Å²) >= 11 is 0. The number of para-hydroxylation sites is 1. The third-order valence-electron chi connectivity index (χ3n) is 4.21. The zero-order valence-electron chi connectivity index (χ0n) is 12.4. The van der Waals surface area contributed by atoms with Crippen LogP contribution >= 0.6 is 0 Å². The van der Waals surface area contributed by atoms with Crippen molar-refractivity contribution in [3.63, 3.8) is 0 Å². The first kappa shape index (κ1) is 12.9. The third kappa shape index (κ3) is 1.94. The van der Waals surface area contributed by atoms with Gasteiger partial charge in [-0.05, 0) is 46.9 Å². The van der Waals surface area contributed by atoms with E-state index in [0.29, 0.717) is 5.75 Å². The molecule has 106 valence electrons. The summed E-state index contributed by atoms with van der Waals surface area (Å²) in [4.78, 5) is 0. The number of hydrogen-bond donors (Lipinski definition) is 1. The Kier molecular flexibility index (Phi) is 2.87. The second-order valence-corrected chi connectivity index (χ2v) is 5.71. The van der Waals surface area contributed by atoms with E-state index in [2.05, 4.69) is 55.5 Å². The molecule has 0 bridgehead atoms. The fourth-order valence-corrected chi connectivity index (χ4v) is 3.13. The van der Waals surface area contributed by atoms with Crippen LogP contribution in [-0.2, 0) is 0 Å². The van der Waals surface area contributed by atoms with Crippen molar-refractivity contribution in [3.8, 4) is 16.9 Å². The van der Waals surface area contributed by atoms with Gasteiger partial charge in [-0.25, -0.2) is 0 Å². The topological polar surface area (TPSA) is 20.2 Å². The lowest BCUT2D eigenvalue weighted by Gasteiger charge is -2.05. The fourth-order valence-electron chi connectivity index (χ4n) is 3.13. The Labute approximate surface area is 130 Å². The first-order valence-electron chi connectivity index (χ1n) is 7.44. The van der Waals surface area contributed by atoms with Gasteiger partial charge in [-0.2, -0.15) is 0 Å². The number of fused-ring (bicyclic) bond motifs is 3. The van der Waals surface area contributed by atoms with E-state index in [9.17, 15) is 5.11 Å². The van der Waals surface area contributed by atoms with E-state index in [-0.39, 0.29) is 0 Å².